The van der Waals surface area contributed by atoms with Gasteiger partial charge in [0.2, 0.25) is 5.91 Å². The van der Waals surface area contributed by atoms with Crippen molar-refractivity contribution in [2.45, 2.75) is 52.5 Å². The summed E-state index contributed by atoms with van der Waals surface area (Å²) >= 11 is 0. The van der Waals surface area contributed by atoms with Gasteiger partial charge in [0.1, 0.15) is 6.04 Å². The number of amides is 2. The largest absolute Gasteiger partial charge is 0.373 e. The first-order valence-electron chi connectivity index (χ1n) is 9.29. The number of rotatable bonds is 6. The Balaban J connectivity index is 1.71. The van der Waals surface area contributed by atoms with E-state index >= 15 is 0 Å². The summed E-state index contributed by atoms with van der Waals surface area (Å²) in [7, 11) is 0. The summed E-state index contributed by atoms with van der Waals surface area (Å²) in [6.07, 6.45) is 3.60. The minimum absolute atomic E-state index is 0.157. The van der Waals surface area contributed by atoms with Crippen LogP contribution in [0.1, 0.15) is 42.9 Å². The lowest BCUT2D eigenvalue weighted by Gasteiger charge is -2.17. The molecule has 1 aliphatic rings. The van der Waals surface area contributed by atoms with Gasteiger partial charge in [-0.1, -0.05) is 31.5 Å². The Morgan fingerprint density at radius 2 is 1.77 bits per heavy atom. The van der Waals surface area contributed by atoms with E-state index in [9.17, 15) is 9.59 Å². The Hall–Kier alpha value is -2.62. The smallest absolute Gasteiger partial charge is 0.256 e. The second-order valence-electron chi connectivity index (χ2n) is 7.04. The predicted molar refractivity (Wildman–Crippen MR) is 105 cm³/mol. The Morgan fingerprint density at radius 3 is 2.42 bits per heavy atom. The highest BCUT2D eigenvalue weighted by atomic mass is 16.2. The van der Waals surface area contributed by atoms with Gasteiger partial charge >= 0.3 is 0 Å². The van der Waals surface area contributed by atoms with E-state index in [-0.39, 0.29) is 18.2 Å². The zero-order valence-corrected chi connectivity index (χ0v) is 15.7. The predicted octanol–water partition coefficient (Wildman–Crippen LogP) is 4.39. The summed E-state index contributed by atoms with van der Waals surface area (Å²) in [5.74, 6) is -0.344. The summed E-state index contributed by atoms with van der Waals surface area (Å²) in [4.78, 5) is 26.5. The van der Waals surface area contributed by atoms with Crippen molar-refractivity contribution in [1.29, 1.82) is 0 Å². The summed E-state index contributed by atoms with van der Waals surface area (Å²) in [5, 5.41) is 3.22. The van der Waals surface area contributed by atoms with Crippen LogP contribution in [0.3, 0.4) is 0 Å². The number of nitrogens with zero attached hydrogens (tertiary/aromatic N) is 1. The topological polar surface area (TPSA) is 49.4 Å². The number of carbonyl (C=O) groups is 2. The first-order valence-corrected chi connectivity index (χ1v) is 9.29. The molecule has 3 rings (SSSR count). The minimum atomic E-state index is -0.509. The molecule has 0 spiro atoms. The second-order valence-corrected chi connectivity index (χ2v) is 7.04. The molecule has 0 aliphatic carbocycles. The second kappa shape index (κ2) is 7.73. The van der Waals surface area contributed by atoms with Gasteiger partial charge in [0.25, 0.3) is 5.91 Å². The molecule has 1 atom stereocenters. The molecule has 2 aromatic rings. The normalized spacial score (nSPS) is 17.0. The minimum Gasteiger partial charge on any atom is -0.373 e. The monoisotopic (exact) mass is 350 g/mol. The van der Waals surface area contributed by atoms with E-state index < -0.39 is 6.04 Å². The molecule has 1 N–H and O–H groups in total. The van der Waals surface area contributed by atoms with Gasteiger partial charge in [-0.05, 0) is 67.6 Å². The van der Waals surface area contributed by atoms with Crippen LogP contribution in [0.25, 0.3) is 0 Å². The number of benzene rings is 2. The van der Waals surface area contributed by atoms with Crippen LogP contribution in [-0.2, 0) is 16.0 Å². The number of imide groups is 1. The van der Waals surface area contributed by atoms with Crippen LogP contribution in [0, 0.1) is 13.8 Å². The summed E-state index contributed by atoms with van der Waals surface area (Å²) in [6.45, 7) is 6.18. The SMILES string of the molecule is CCCCc1ccc(NC2CC(=O)N(c3ccc(C)c(C)c3)C2=O)cc1. The Morgan fingerprint density at radius 1 is 1.04 bits per heavy atom. The summed E-state index contributed by atoms with van der Waals surface area (Å²) in [5.41, 5.74) is 5.04. The molecule has 4 heteroatoms. The first kappa shape index (κ1) is 18.2. The van der Waals surface area contributed by atoms with Crippen molar-refractivity contribution in [2.75, 3.05) is 10.2 Å². The third-order valence-corrected chi connectivity index (χ3v) is 5.01. The van der Waals surface area contributed by atoms with Crippen LogP contribution in [0.15, 0.2) is 42.5 Å². The van der Waals surface area contributed by atoms with E-state index in [1.165, 1.54) is 23.3 Å². The standard InChI is InChI=1S/C22H26N2O2/c1-4-5-6-17-8-10-18(11-9-17)23-20-14-21(25)24(22(20)26)19-12-7-15(2)16(3)13-19/h7-13,20,23H,4-6,14H2,1-3H3. The molecule has 1 heterocycles. The van der Waals surface area contributed by atoms with Gasteiger partial charge in [0, 0.05) is 5.69 Å². The van der Waals surface area contributed by atoms with Crippen molar-refractivity contribution in [3.63, 3.8) is 0 Å². The maximum atomic E-state index is 12.8. The molecule has 0 saturated carbocycles. The van der Waals surface area contributed by atoms with Crippen molar-refractivity contribution < 1.29 is 9.59 Å². The number of aryl methyl sites for hydroxylation is 3. The molecule has 0 bridgehead atoms. The van der Waals surface area contributed by atoms with Crippen molar-refractivity contribution in [3.8, 4) is 0 Å². The maximum absolute atomic E-state index is 12.8. The van der Waals surface area contributed by atoms with E-state index in [0.717, 1.165) is 23.2 Å². The lowest BCUT2D eigenvalue weighted by molar-refractivity contribution is -0.121. The van der Waals surface area contributed by atoms with Gasteiger partial charge in [0.15, 0.2) is 0 Å². The fraction of sp³-hybridized carbons (Fsp3) is 0.364. The summed E-state index contributed by atoms with van der Waals surface area (Å²) < 4.78 is 0. The van der Waals surface area contributed by atoms with Crippen molar-refractivity contribution >= 4 is 23.2 Å². The molecule has 0 radical (unpaired) electrons. The Labute approximate surface area is 155 Å². The maximum Gasteiger partial charge on any atom is 0.256 e. The number of hydrogen-bond acceptors (Lipinski definition) is 3. The molecule has 2 amide bonds. The van der Waals surface area contributed by atoms with Crippen LogP contribution in [0.2, 0.25) is 0 Å². The number of anilines is 2. The fourth-order valence-electron chi connectivity index (χ4n) is 3.23. The lowest BCUT2D eigenvalue weighted by Crippen LogP contribution is -2.34. The molecular weight excluding hydrogens is 324 g/mol. The molecular formula is C22H26N2O2. The number of unbranched alkanes of at least 4 members (excludes halogenated alkanes) is 1. The highest BCUT2D eigenvalue weighted by molar-refractivity contribution is 6.23. The number of nitrogens with one attached hydrogen (secondary N) is 1. The lowest BCUT2D eigenvalue weighted by atomic mass is 10.1. The molecule has 1 fully saturated rings. The number of hydrogen-bond donors (Lipinski definition) is 1. The molecule has 136 valence electrons. The van der Waals surface area contributed by atoms with Crippen molar-refractivity contribution in [1.82, 2.24) is 0 Å². The van der Waals surface area contributed by atoms with Crippen LogP contribution < -0.4 is 10.2 Å². The molecule has 26 heavy (non-hydrogen) atoms. The van der Waals surface area contributed by atoms with E-state index in [0.29, 0.717) is 5.69 Å². The highest BCUT2D eigenvalue weighted by Gasteiger charge is 2.39. The van der Waals surface area contributed by atoms with Gasteiger partial charge in [-0.3, -0.25) is 9.59 Å². The Kier molecular flexibility index (Phi) is 5.40. The first-order chi connectivity index (χ1) is 12.5. The average molecular weight is 350 g/mol. The molecule has 1 aliphatic heterocycles. The van der Waals surface area contributed by atoms with Crippen molar-refractivity contribution in [3.05, 3.63) is 59.2 Å². The van der Waals surface area contributed by atoms with Crippen LogP contribution >= 0.6 is 0 Å². The van der Waals surface area contributed by atoms with Gasteiger partial charge in [-0.15, -0.1) is 0 Å². The molecule has 1 saturated heterocycles. The third-order valence-electron chi connectivity index (χ3n) is 5.01. The quantitative estimate of drug-likeness (QED) is 0.786. The molecule has 4 nitrogen and oxygen atoms in total. The van der Waals surface area contributed by atoms with Crippen LogP contribution in [0.4, 0.5) is 11.4 Å². The van der Waals surface area contributed by atoms with E-state index in [1.807, 2.05) is 44.2 Å². The van der Waals surface area contributed by atoms with Crippen LogP contribution in [0.5, 0.6) is 0 Å². The molecule has 2 aromatic carbocycles. The van der Waals surface area contributed by atoms with Crippen LogP contribution in [-0.4, -0.2) is 17.9 Å². The zero-order chi connectivity index (χ0) is 18.7. The average Bonchev–Trinajstić information content (AvgIpc) is 2.90. The zero-order valence-electron chi connectivity index (χ0n) is 15.7. The Bertz CT molecular complexity index is 811. The third kappa shape index (κ3) is 3.79. The highest BCUT2D eigenvalue weighted by Crippen LogP contribution is 2.26. The molecule has 0 aromatic heterocycles. The van der Waals surface area contributed by atoms with Gasteiger partial charge in [0.05, 0.1) is 12.1 Å². The number of carbonyl (C=O) groups excluding carboxylic acids is 2. The van der Waals surface area contributed by atoms with Crippen molar-refractivity contribution in [2.24, 2.45) is 0 Å². The van der Waals surface area contributed by atoms with Gasteiger partial charge in [-0.2, -0.15) is 0 Å². The van der Waals surface area contributed by atoms with E-state index in [1.54, 1.807) is 0 Å². The fourth-order valence-corrected chi connectivity index (χ4v) is 3.23. The van der Waals surface area contributed by atoms with Gasteiger partial charge < -0.3 is 5.32 Å². The van der Waals surface area contributed by atoms with E-state index in [4.69, 9.17) is 0 Å². The summed E-state index contributed by atoms with van der Waals surface area (Å²) in [6, 6.07) is 13.3. The molecule has 1 unspecified atom stereocenters. The van der Waals surface area contributed by atoms with E-state index in [2.05, 4.69) is 24.4 Å². The van der Waals surface area contributed by atoms with Gasteiger partial charge in [-0.25, -0.2) is 4.90 Å².